The van der Waals surface area contributed by atoms with Crippen molar-refractivity contribution in [3.05, 3.63) is 102 Å². The van der Waals surface area contributed by atoms with Crippen LogP contribution in [0.2, 0.25) is 0 Å². The second-order valence-corrected chi connectivity index (χ2v) is 12.5. The molecule has 0 aliphatic carbocycles. The minimum absolute atomic E-state index is 0.112. The minimum Gasteiger partial charge on any atom is -0.468 e. The molecule has 4 rings (SSSR count). The molecule has 0 spiro atoms. The summed E-state index contributed by atoms with van der Waals surface area (Å²) in [5.41, 5.74) is 10.0. The van der Waals surface area contributed by atoms with Crippen molar-refractivity contribution in [3.63, 3.8) is 0 Å². The van der Waals surface area contributed by atoms with Crippen molar-refractivity contribution >= 4 is 45.4 Å². The Bertz CT molecular complexity index is 1720. The Morgan fingerprint density at radius 1 is 1.05 bits per heavy atom. The highest BCUT2D eigenvalue weighted by molar-refractivity contribution is 8.00. The van der Waals surface area contributed by atoms with Gasteiger partial charge in [0, 0.05) is 11.1 Å². The average Bonchev–Trinajstić information content (AvgIpc) is 3.38. The molecule has 0 fully saturated rings. The van der Waals surface area contributed by atoms with Crippen molar-refractivity contribution in [1.29, 1.82) is 0 Å². The Hall–Kier alpha value is -4.06. The van der Waals surface area contributed by atoms with E-state index in [0.29, 0.717) is 28.2 Å². The van der Waals surface area contributed by atoms with E-state index in [1.807, 2.05) is 37.3 Å². The monoisotopic (exact) mass is 604 g/mol. The number of carbonyl (C=O) groups excluding carboxylic acids is 2. The molecule has 0 saturated carbocycles. The number of rotatable bonds is 11. The molecule has 1 aromatic heterocycles. The summed E-state index contributed by atoms with van der Waals surface area (Å²) in [6.07, 6.45) is 4.66. The van der Waals surface area contributed by atoms with E-state index in [1.54, 1.807) is 55.6 Å². The molecular weight excluding hydrogens is 572 g/mol. The number of nitrogens with two attached hydrogens (primary N) is 1. The Morgan fingerprint density at radius 2 is 1.74 bits per heavy atom. The minimum atomic E-state index is -3.85. The van der Waals surface area contributed by atoms with Gasteiger partial charge >= 0.3 is 5.97 Å². The van der Waals surface area contributed by atoms with Gasteiger partial charge in [-0.2, -0.15) is 11.8 Å². The topological polar surface area (TPSA) is 134 Å². The summed E-state index contributed by atoms with van der Waals surface area (Å²) in [7, 11) is -2.59. The van der Waals surface area contributed by atoms with E-state index in [4.69, 9.17) is 10.5 Å². The van der Waals surface area contributed by atoms with Gasteiger partial charge in [-0.25, -0.2) is 17.4 Å². The standard InChI is InChI=1S/C31H32N4O5S2/c1-20-13-15-23(16-14-20)42(38,39)35-19-34-27(21(35)2)18-33-26-12-8-11-24(29(26)22-9-6-5-7-10-22)30(36)28(41-4)17-25(32)31(37)40-3/h5-16,18-19,25,28H,17,32H2,1-4H3/t25-,28?/m0/s1. The molecule has 42 heavy (non-hydrogen) atoms. The molecule has 4 aromatic rings. The molecule has 218 valence electrons. The molecule has 0 radical (unpaired) electrons. The Labute approximate surface area is 249 Å². The summed E-state index contributed by atoms with van der Waals surface area (Å²) >= 11 is 1.31. The first kappa shape index (κ1) is 30.9. The molecule has 1 heterocycles. The van der Waals surface area contributed by atoms with Gasteiger partial charge in [0.1, 0.15) is 18.1 Å². The lowest BCUT2D eigenvalue weighted by molar-refractivity contribution is -0.142. The zero-order valence-electron chi connectivity index (χ0n) is 23.7. The van der Waals surface area contributed by atoms with Gasteiger partial charge in [0.05, 0.1) is 34.9 Å². The Morgan fingerprint density at radius 3 is 2.38 bits per heavy atom. The molecule has 9 nitrogen and oxygen atoms in total. The summed E-state index contributed by atoms with van der Waals surface area (Å²) in [5.74, 6) is -0.773. The lowest BCUT2D eigenvalue weighted by atomic mass is 9.92. The number of aromatic nitrogens is 2. The number of ketones is 1. The molecule has 0 aliphatic heterocycles. The van der Waals surface area contributed by atoms with Gasteiger partial charge in [-0.3, -0.25) is 14.6 Å². The lowest BCUT2D eigenvalue weighted by Gasteiger charge is -2.19. The van der Waals surface area contributed by atoms with Crippen molar-refractivity contribution in [2.24, 2.45) is 10.7 Å². The number of methoxy groups -OCH3 is 1. The number of thioether (sulfide) groups is 1. The van der Waals surface area contributed by atoms with E-state index < -0.39 is 27.3 Å². The van der Waals surface area contributed by atoms with Crippen LogP contribution in [-0.2, 0) is 19.6 Å². The van der Waals surface area contributed by atoms with E-state index >= 15 is 0 Å². The van der Waals surface area contributed by atoms with Crippen molar-refractivity contribution in [2.75, 3.05) is 13.4 Å². The summed E-state index contributed by atoms with van der Waals surface area (Å²) < 4.78 is 32.4. The molecule has 2 N–H and O–H groups in total. The van der Waals surface area contributed by atoms with Gasteiger partial charge < -0.3 is 10.5 Å². The predicted molar refractivity (Wildman–Crippen MR) is 166 cm³/mol. The quantitative estimate of drug-likeness (QED) is 0.144. The number of nitrogens with zero attached hydrogens (tertiary/aromatic N) is 3. The van der Waals surface area contributed by atoms with Crippen LogP contribution in [0.1, 0.15) is 33.7 Å². The van der Waals surface area contributed by atoms with Crippen LogP contribution >= 0.6 is 11.8 Å². The fourth-order valence-electron chi connectivity index (χ4n) is 4.45. The number of ether oxygens (including phenoxy) is 1. The van der Waals surface area contributed by atoms with Crippen LogP contribution in [0, 0.1) is 13.8 Å². The SMILES string of the molecule is COC(=O)[C@@H](N)CC(SC)C(=O)c1cccc(N=Cc2ncn(S(=O)(=O)c3ccc(C)cc3)c2C)c1-c1ccccc1. The van der Waals surface area contributed by atoms with Crippen LogP contribution in [-0.4, -0.2) is 60.0 Å². The van der Waals surface area contributed by atoms with Crippen LogP contribution in [0.5, 0.6) is 0 Å². The van der Waals surface area contributed by atoms with E-state index in [2.05, 4.69) is 9.98 Å². The van der Waals surface area contributed by atoms with Gasteiger partial charge in [-0.15, -0.1) is 0 Å². The second kappa shape index (κ2) is 13.3. The van der Waals surface area contributed by atoms with Crippen molar-refractivity contribution in [2.45, 2.75) is 36.5 Å². The van der Waals surface area contributed by atoms with Crippen LogP contribution in [0.3, 0.4) is 0 Å². The molecule has 11 heteroatoms. The van der Waals surface area contributed by atoms with E-state index in [1.165, 1.54) is 31.4 Å². The first-order valence-electron chi connectivity index (χ1n) is 13.1. The molecular formula is C31H32N4O5S2. The van der Waals surface area contributed by atoms with Crippen molar-refractivity contribution < 1.29 is 22.7 Å². The highest BCUT2D eigenvalue weighted by Gasteiger charge is 2.28. The maximum Gasteiger partial charge on any atom is 0.322 e. The Balaban J connectivity index is 1.74. The molecule has 0 amide bonds. The maximum atomic E-state index is 13.8. The lowest BCUT2D eigenvalue weighted by Crippen LogP contribution is -2.36. The normalized spacial score (nSPS) is 13.2. The fraction of sp³-hybridized carbons (Fsp3) is 0.226. The van der Waals surface area contributed by atoms with Crippen LogP contribution in [0.25, 0.3) is 11.1 Å². The predicted octanol–water partition coefficient (Wildman–Crippen LogP) is 4.96. The molecule has 3 aromatic carbocycles. The molecule has 0 aliphatic rings. The van der Waals surface area contributed by atoms with E-state index in [0.717, 1.165) is 15.1 Å². The van der Waals surface area contributed by atoms with Gasteiger partial charge in [-0.1, -0.05) is 60.2 Å². The fourth-order valence-corrected chi connectivity index (χ4v) is 6.53. The Kier molecular flexibility index (Phi) is 9.77. The first-order valence-corrected chi connectivity index (χ1v) is 15.8. The van der Waals surface area contributed by atoms with Gasteiger partial charge in [-0.05, 0) is 50.3 Å². The third-order valence-corrected chi connectivity index (χ3v) is 9.56. The molecule has 0 saturated heterocycles. The van der Waals surface area contributed by atoms with Crippen molar-refractivity contribution in [1.82, 2.24) is 8.96 Å². The second-order valence-electron chi connectivity index (χ2n) is 9.61. The number of aryl methyl sites for hydroxylation is 1. The largest absolute Gasteiger partial charge is 0.468 e. The highest BCUT2D eigenvalue weighted by atomic mass is 32.2. The summed E-state index contributed by atoms with van der Waals surface area (Å²) in [6, 6.07) is 20.3. The zero-order chi connectivity index (χ0) is 30.4. The van der Waals surface area contributed by atoms with E-state index in [9.17, 15) is 18.0 Å². The molecule has 2 atom stereocenters. The third kappa shape index (κ3) is 6.53. The molecule has 1 unspecified atom stereocenters. The number of esters is 1. The maximum absolute atomic E-state index is 13.8. The van der Waals surface area contributed by atoms with Gasteiger partial charge in [0.2, 0.25) is 0 Å². The number of carbonyl (C=O) groups is 2. The third-order valence-electron chi connectivity index (χ3n) is 6.83. The van der Waals surface area contributed by atoms with Crippen molar-refractivity contribution in [3.8, 4) is 11.1 Å². The zero-order valence-corrected chi connectivity index (χ0v) is 25.4. The van der Waals surface area contributed by atoms with E-state index in [-0.39, 0.29) is 17.1 Å². The van der Waals surface area contributed by atoms with Crippen LogP contribution in [0.15, 0.2) is 89.0 Å². The number of Topliss-reactive ketones (excluding diaryl/α,β-unsaturated/α-hetero) is 1. The number of benzene rings is 3. The highest BCUT2D eigenvalue weighted by Crippen LogP contribution is 2.36. The summed E-state index contributed by atoms with van der Waals surface area (Å²) in [6.45, 7) is 3.55. The van der Waals surface area contributed by atoms with Crippen LogP contribution < -0.4 is 5.73 Å². The summed E-state index contributed by atoms with van der Waals surface area (Å²) in [5, 5.41) is -0.592. The number of imidazole rings is 1. The first-order chi connectivity index (χ1) is 20.1. The van der Waals surface area contributed by atoms with Crippen LogP contribution in [0.4, 0.5) is 5.69 Å². The summed E-state index contributed by atoms with van der Waals surface area (Å²) in [4.78, 5) is 34.9. The number of hydrogen-bond donors (Lipinski definition) is 1. The number of aliphatic imine (C=N–C) groups is 1. The average molecular weight is 605 g/mol. The molecule has 0 bridgehead atoms. The van der Waals surface area contributed by atoms with Gasteiger partial charge in [0.25, 0.3) is 10.0 Å². The number of hydrogen-bond acceptors (Lipinski definition) is 9. The van der Waals surface area contributed by atoms with Gasteiger partial charge in [0.15, 0.2) is 5.78 Å². The smallest absolute Gasteiger partial charge is 0.322 e.